The Kier molecular flexibility index (Phi) is 7.52. The van der Waals surface area contributed by atoms with Crippen LogP contribution in [0.2, 0.25) is 0 Å². The number of pyridine rings is 1. The molecule has 2 aromatic heterocycles. The molecule has 0 atom stereocenters. The van der Waals surface area contributed by atoms with Crippen molar-refractivity contribution in [3.63, 3.8) is 0 Å². The van der Waals surface area contributed by atoms with Crippen LogP contribution in [0.25, 0.3) is 11.0 Å². The largest absolute Gasteiger partial charge is 0.490 e. The number of alkyl halides is 3. The van der Waals surface area contributed by atoms with Gasteiger partial charge in [-0.25, -0.2) is 4.79 Å². The Bertz CT molecular complexity index is 945. The quantitative estimate of drug-likeness (QED) is 0.599. The summed E-state index contributed by atoms with van der Waals surface area (Å²) in [5.41, 5.74) is 1.33. The van der Waals surface area contributed by atoms with E-state index in [1.807, 2.05) is 30.3 Å². The first-order valence-electron chi connectivity index (χ1n) is 8.20. The highest BCUT2D eigenvalue weighted by atomic mass is 19.4. The zero-order chi connectivity index (χ0) is 21.3. The average molecular weight is 411 g/mol. The van der Waals surface area contributed by atoms with Crippen LogP contribution in [0.15, 0.2) is 53.3 Å². The van der Waals surface area contributed by atoms with Crippen LogP contribution in [-0.2, 0) is 16.0 Å². The number of nitrogens with zero attached hydrogens (tertiary/aromatic N) is 2. The Morgan fingerprint density at radius 3 is 2.55 bits per heavy atom. The highest BCUT2D eigenvalue weighted by Gasteiger charge is 2.38. The van der Waals surface area contributed by atoms with Crippen LogP contribution < -0.4 is 10.1 Å². The SMILES string of the molecule is O=C(Cc1noc2ccccc12)NCCOc1cccnc1.O=C(O)C(F)(F)F. The molecule has 0 aliphatic carbocycles. The third kappa shape index (κ3) is 7.13. The van der Waals surface area contributed by atoms with Gasteiger partial charge in [-0.2, -0.15) is 13.2 Å². The molecule has 0 saturated heterocycles. The van der Waals surface area contributed by atoms with Gasteiger partial charge < -0.3 is 19.7 Å². The number of carboxylic acid groups (broad SMARTS) is 1. The number of carboxylic acids is 1. The molecule has 0 fully saturated rings. The van der Waals surface area contributed by atoms with E-state index in [4.69, 9.17) is 19.2 Å². The summed E-state index contributed by atoms with van der Waals surface area (Å²) < 4.78 is 42.4. The number of hydrogen-bond donors (Lipinski definition) is 2. The molecule has 29 heavy (non-hydrogen) atoms. The number of nitrogens with one attached hydrogen (secondary N) is 1. The van der Waals surface area contributed by atoms with Crippen molar-refractivity contribution in [3.05, 3.63) is 54.5 Å². The fraction of sp³-hybridized carbons (Fsp3) is 0.222. The first kappa shape index (κ1) is 21.7. The molecular formula is C18H16F3N3O5. The molecule has 2 N–H and O–H groups in total. The highest BCUT2D eigenvalue weighted by Crippen LogP contribution is 2.18. The maximum absolute atomic E-state index is 11.9. The first-order chi connectivity index (χ1) is 13.8. The summed E-state index contributed by atoms with van der Waals surface area (Å²) in [6.07, 6.45) is -1.59. The summed E-state index contributed by atoms with van der Waals surface area (Å²) in [6.45, 7) is 0.806. The van der Waals surface area contributed by atoms with Gasteiger partial charge in [-0.15, -0.1) is 0 Å². The van der Waals surface area contributed by atoms with Crippen molar-refractivity contribution in [3.8, 4) is 5.75 Å². The molecule has 8 nitrogen and oxygen atoms in total. The third-order valence-electron chi connectivity index (χ3n) is 3.35. The van der Waals surface area contributed by atoms with Crippen LogP contribution in [0.3, 0.4) is 0 Å². The average Bonchev–Trinajstić information content (AvgIpc) is 3.09. The lowest BCUT2D eigenvalue weighted by Crippen LogP contribution is -2.29. The molecule has 154 valence electrons. The second kappa shape index (κ2) is 10.1. The van der Waals surface area contributed by atoms with Crippen molar-refractivity contribution in [1.29, 1.82) is 0 Å². The second-order valence-corrected chi connectivity index (χ2v) is 5.49. The number of amides is 1. The van der Waals surface area contributed by atoms with E-state index in [-0.39, 0.29) is 12.3 Å². The van der Waals surface area contributed by atoms with Crippen molar-refractivity contribution in [1.82, 2.24) is 15.5 Å². The lowest BCUT2D eigenvalue weighted by atomic mass is 10.2. The predicted octanol–water partition coefficient (Wildman–Crippen LogP) is 2.59. The zero-order valence-corrected chi connectivity index (χ0v) is 14.8. The minimum absolute atomic E-state index is 0.117. The number of aliphatic carboxylic acids is 1. The monoisotopic (exact) mass is 411 g/mol. The fourth-order valence-corrected chi connectivity index (χ4v) is 2.07. The normalized spacial score (nSPS) is 10.7. The number of para-hydroxylation sites is 1. The predicted molar refractivity (Wildman–Crippen MR) is 94.1 cm³/mol. The maximum atomic E-state index is 11.9. The summed E-state index contributed by atoms with van der Waals surface area (Å²) in [6, 6.07) is 11.1. The van der Waals surface area contributed by atoms with Crippen LogP contribution in [0.1, 0.15) is 5.69 Å². The summed E-state index contributed by atoms with van der Waals surface area (Å²) in [5.74, 6) is -2.19. The van der Waals surface area contributed by atoms with E-state index in [1.54, 1.807) is 18.5 Å². The van der Waals surface area contributed by atoms with Gasteiger partial charge in [0.05, 0.1) is 19.2 Å². The smallest absolute Gasteiger partial charge is 0.490 e. The number of halogens is 3. The Morgan fingerprint density at radius 2 is 1.90 bits per heavy atom. The minimum atomic E-state index is -5.08. The van der Waals surface area contributed by atoms with Gasteiger partial charge in [0.25, 0.3) is 0 Å². The molecule has 0 radical (unpaired) electrons. The van der Waals surface area contributed by atoms with E-state index < -0.39 is 12.1 Å². The molecule has 0 saturated carbocycles. The molecule has 1 amide bonds. The van der Waals surface area contributed by atoms with Gasteiger partial charge >= 0.3 is 12.1 Å². The van der Waals surface area contributed by atoms with Crippen LogP contribution in [0.4, 0.5) is 13.2 Å². The van der Waals surface area contributed by atoms with Crippen LogP contribution >= 0.6 is 0 Å². The van der Waals surface area contributed by atoms with Crippen LogP contribution in [0, 0.1) is 0 Å². The van der Waals surface area contributed by atoms with Gasteiger partial charge in [-0.1, -0.05) is 17.3 Å². The van der Waals surface area contributed by atoms with E-state index in [2.05, 4.69) is 15.5 Å². The van der Waals surface area contributed by atoms with E-state index >= 15 is 0 Å². The Labute approximate surface area is 162 Å². The van der Waals surface area contributed by atoms with Crippen molar-refractivity contribution in [2.45, 2.75) is 12.6 Å². The summed E-state index contributed by atoms with van der Waals surface area (Å²) in [7, 11) is 0. The molecule has 0 unspecified atom stereocenters. The third-order valence-corrected chi connectivity index (χ3v) is 3.35. The molecule has 3 aromatic rings. The van der Waals surface area contributed by atoms with Gasteiger partial charge in [0.15, 0.2) is 5.58 Å². The topological polar surface area (TPSA) is 115 Å². The van der Waals surface area contributed by atoms with Crippen molar-refractivity contribution in [2.75, 3.05) is 13.2 Å². The molecule has 11 heteroatoms. The van der Waals surface area contributed by atoms with Crippen LogP contribution in [0.5, 0.6) is 5.75 Å². The number of ether oxygens (including phenoxy) is 1. The highest BCUT2D eigenvalue weighted by molar-refractivity contribution is 5.86. The fourth-order valence-electron chi connectivity index (χ4n) is 2.07. The first-order valence-corrected chi connectivity index (χ1v) is 8.20. The van der Waals surface area contributed by atoms with Crippen molar-refractivity contribution in [2.24, 2.45) is 0 Å². The standard InChI is InChI=1S/C16H15N3O3.C2HF3O2/c20-16(18-8-9-21-12-4-3-7-17-11-12)10-14-13-5-1-2-6-15(13)22-19-14;3-2(4,5)1(6)7/h1-7,11H,8-10H2,(H,18,20);(H,6,7). The van der Waals surface area contributed by atoms with Gasteiger partial charge in [0, 0.05) is 11.6 Å². The molecule has 1 aromatic carbocycles. The molecule has 0 bridgehead atoms. The number of aromatic nitrogens is 2. The second-order valence-electron chi connectivity index (χ2n) is 5.49. The van der Waals surface area contributed by atoms with E-state index in [9.17, 15) is 18.0 Å². The summed E-state index contributed by atoms with van der Waals surface area (Å²) >= 11 is 0. The molecule has 0 spiro atoms. The van der Waals surface area contributed by atoms with Crippen molar-refractivity contribution < 1.29 is 37.1 Å². The molecule has 2 heterocycles. The van der Waals surface area contributed by atoms with E-state index in [0.717, 1.165) is 5.39 Å². The maximum Gasteiger partial charge on any atom is 0.490 e. The summed E-state index contributed by atoms with van der Waals surface area (Å²) in [5, 5.41) is 14.7. The number of benzene rings is 1. The van der Waals surface area contributed by atoms with Gasteiger partial charge in [-0.05, 0) is 24.3 Å². The Hall–Kier alpha value is -3.63. The van der Waals surface area contributed by atoms with E-state index in [0.29, 0.717) is 30.2 Å². The zero-order valence-electron chi connectivity index (χ0n) is 14.8. The number of rotatable bonds is 6. The Morgan fingerprint density at radius 1 is 1.17 bits per heavy atom. The number of carbonyl (C=O) groups excluding carboxylic acids is 1. The number of carbonyl (C=O) groups is 2. The van der Waals surface area contributed by atoms with Gasteiger partial charge in [0.2, 0.25) is 5.91 Å². The molecular weight excluding hydrogens is 395 g/mol. The molecule has 3 rings (SSSR count). The molecule has 0 aliphatic rings. The number of hydrogen-bond acceptors (Lipinski definition) is 6. The van der Waals surface area contributed by atoms with Gasteiger partial charge in [-0.3, -0.25) is 9.78 Å². The minimum Gasteiger partial charge on any atom is -0.490 e. The summed E-state index contributed by atoms with van der Waals surface area (Å²) in [4.78, 5) is 24.7. The van der Waals surface area contributed by atoms with E-state index in [1.165, 1.54) is 0 Å². The Balaban J connectivity index is 0.000000370. The lowest BCUT2D eigenvalue weighted by molar-refractivity contribution is -0.192. The van der Waals surface area contributed by atoms with Crippen LogP contribution in [-0.4, -0.2) is 46.5 Å². The van der Waals surface area contributed by atoms with Crippen molar-refractivity contribution >= 4 is 22.8 Å². The lowest BCUT2D eigenvalue weighted by Gasteiger charge is -2.06. The molecule has 0 aliphatic heterocycles. The number of fused-ring (bicyclic) bond motifs is 1. The van der Waals surface area contributed by atoms with Gasteiger partial charge in [0.1, 0.15) is 18.1 Å².